The third-order valence-electron chi connectivity index (χ3n) is 2.17. The average Bonchev–Trinajstić information content (AvgIpc) is 2.47. The fourth-order valence-corrected chi connectivity index (χ4v) is 1.47. The van der Waals surface area contributed by atoms with Crippen molar-refractivity contribution in [2.24, 2.45) is 0 Å². The lowest BCUT2D eigenvalue weighted by Crippen LogP contribution is -2.36. The summed E-state index contributed by atoms with van der Waals surface area (Å²) in [6.45, 7) is 3.28. The Kier molecular flexibility index (Phi) is 3.34. The maximum absolute atomic E-state index is 11.1. The molecule has 1 heterocycles. The van der Waals surface area contributed by atoms with Crippen molar-refractivity contribution in [2.75, 3.05) is 19.8 Å². The number of aliphatic hydroxyl groups excluding tert-OH is 1. The number of nitrogens with zero attached hydrogens (tertiary/aromatic N) is 1. The molecule has 1 unspecified atom stereocenters. The topological polar surface area (TPSA) is 49.8 Å². The number of hydrogen-bond acceptors (Lipinski definition) is 3. The molecule has 0 aromatic carbocycles. The molecule has 0 spiro atoms. The van der Waals surface area contributed by atoms with Crippen LogP contribution in [0.5, 0.6) is 0 Å². The summed E-state index contributed by atoms with van der Waals surface area (Å²) in [5.41, 5.74) is 0. The van der Waals surface area contributed by atoms with Gasteiger partial charge in [-0.2, -0.15) is 0 Å². The van der Waals surface area contributed by atoms with E-state index in [1.54, 1.807) is 4.90 Å². The maximum atomic E-state index is 11.1. The van der Waals surface area contributed by atoms with Gasteiger partial charge in [0.2, 0.25) is 0 Å². The molecule has 0 aliphatic carbocycles. The molecule has 70 valence electrons. The van der Waals surface area contributed by atoms with Crippen molar-refractivity contribution in [1.29, 1.82) is 0 Å². The molecule has 4 nitrogen and oxygen atoms in total. The van der Waals surface area contributed by atoms with Gasteiger partial charge in [-0.05, 0) is 12.8 Å². The molecule has 0 radical (unpaired) electrons. The predicted molar refractivity (Wildman–Crippen MR) is 43.8 cm³/mol. The SMILES string of the molecule is CCC(CCO)N1CCOC1=O. The summed E-state index contributed by atoms with van der Waals surface area (Å²) in [5, 5.41) is 8.74. The lowest BCUT2D eigenvalue weighted by atomic mass is 10.1. The van der Waals surface area contributed by atoms with E-state index in [1.165, 1.54) is 0 Å². The van der Waals surface area contributed by atoms with Gasteiger partial charge in [-0.3, -0.25) is 0 Å². The van der Waals surface area contributed by atoms with Crippen molar-refractivity contribution in [3.63, 3.8) is 0 Å². The van der Waals surface area contributed by atoms with Crippen LogP contribution < -0.4 is 0 Å². The number of cyclic esters (lactones) is 1. The van der Waals surface area contributed by atoms with E-state index in [4.69, 9.17) is 9.84 Å². The molecular weight excluding hydrogens is 158 g/mol. The van der Waals surface area contributed by atoms with Gasteiger partial charge in [0, 0.05) is 12.6 Å². The Morgan fingerprint density at radius 2 is 2.50 bits per heavy atom. The highest BCUT2D eigenvalue weighted by Gasteiger charge is 2.27. The molecule has 1 atom stereocenters. The summed E-state index contributed by atoms with van der Waals surface area (Å²) in [6.07, 6.45) is 1.27. The number of carbonyl (C=O) groups is 1. The number of aliphatic hydroxyl groups is 1. The maximum Gasteiger partial charge on any atom is 0.410 e. The van der Waals surface area contributed by atoms with Gasteiger partial charge in [0.15, 0.2) is 0 Å². The summed E-state index contributed by atoms with van der Waals surface area (Å²) in [6, 6.07) is 0.144. The van der Waals surface area contributed by atoms with Crippen molar-refractivity contribution in [3.05, 3.63) is 0 Å². The minimum absolute atomic E-state index is 0.127. The Hall–Kier alpha value is -0.770. The van der Waals surface area contributed by atoms with E-state index in [2.05, 4.69) is 0 Å². The number of rotatable bonds is 4. The molecule has 1 fully saturated rings. The second-order valence-corrected chi connectivity index (χ2v) is 2.88. The molecule has 0 bridgehead atoms. The highest BCUT2D eigenvalue weighted by Crippen LogP contribution is 2.13. The van der Waals surface area contributed by atoms with Crippen LogP contribution in [0.1, 0.15) is 19.8 Å². The van der Waals surface area contributed by atoms with Gasteiger partial charge >= 0.3 is 6.09 Å². The molecular formula is C8H15NO3. The Balaban J connectivity index is 2.46. The first-order valence-corrected chi connectivity index (χ1v) is 4.33. The molecule has 0 aromatic heterocycles. The number of hydrogen-bond donors (Lipinski definition) is 1. The minimum Gasteiger partial charge on any atom is -0.448 e. The van der Waals surface area contributed by atoms with Gasteiger partial charge in [0.25, 0.3) is 0 Å². The van der Waals surface area contributed by atoms with Gasteiger partial charge in [-0.1, -0.05) is 6.92 Å². The first kappa shape index (κ1) is 9.32. The summed E-state index contributed by atoms with van der Waals surface area (Å²) < 4.78 is 4.80. The smallest absolute Gasteiger partial charge is 0.410 e. The van der Waals surface area contributed by atoms with Crippen molar-refractivity contribution < 1.29 is 14.6 Å². The van der Waals surface area contributed by atoms with Crippen LogP contribution in [0.15, 0.2) is 0 Å². The van der Waals surface area contributed by atoms with Gasteiger partial charge in [0.1, 0.15) is 6.61 Å². The van der Waals surface area contributed by atoms with Gasteiger partial charge < -0.3 is 14.7 Å². The zero-order valence-electron chi connectivity index (χ0n) is 7.32. The summed E-state index contributed by atoms with van der Waals surface area (Å²) in [7, 11) is 0. The van der Waals surface area contributed by atoms with E-state index < -0.39 is 0 Å². The largest absolute Gasteiger partial charge is 0.448 e. The number of amides is 1. The Morgan fingerprint density at radius 1 is 1.75 bits per heavy atom. The third kappa shape index (κ3) is 1.88. The molecule has 12 heavy (non-hydrogen) atoms. The zero-order valence-corrected chi connectivity index (χ0v) is 7.32. The summed E-state index contributed by atoms with van der Waals surface area (Å²) in [4.78, 5) is 12.8. The fraction of sp³-hybridized carbons (Fsp3) is 0.875. The van der Waals surface area contributed by atoms with Crippen molar-refractivity contribution in [3.8, 4) is 0 Å². The van der Waals surface area contributed by atoms with Crippen LogP contribution in [0.4, 0.5) is 4.79 Å². The van der Waals surface area contributed by atoms with E-state index in [9.17, 15) is 4.79 Å². The van der Waals surface area contributed by atoms with E-state index in [0.29, 0.717) is 19.6 Å². The Bertz CT molecular complexity index is 160. The number of ether oxygens (including phenoxy) is 1. The number of carbonyl (C=O) groups excluding carboxylic acids is 1. The van der Waals surface area contributed by atoms with Crippen molar-refractivity contribution in [1.82, 2.24) is 4.90 Å². The van der Waals surface area contributed by atoms with Crippen molar-refractivity contribution >= 4 is 6.09 Å². The van der Waals surface area contributed by atoms with Crippen LogP contribution in [0.25, 0.3) is 0 Å². The quantitative estimate of drug-likeness (QED) is 0.677. The van der Waals surface area contributed by atoms with Crippen LogP contribution in [-0.2, 0) is 4.74 Å². The van der Waals surface area contributed by atoms with Crippen LogP contribution in [0.2, 0.25) is 0 Å². The molecule has 1 N–H and O–H groups in total. The first-order valence-electron chi connectivity index (χ1n) is 4.33. The highest BCUT2D eigenvalue weighted by atomic mass is 16.6. The molecule has 1 rings (SSSR count). The van der Waals surface area contributed by atoms with Crippen molar-refractivity contribution in [2.45, 2.75) is 25.8 Å². The van der Waals surface area contributed by atoms with Gasteiger partial charge in [-0.15, -0.1) is 0 Å². The summed E-state index contributed by atoms with van der Waals surface area (Å²) in [5.74, 6) is 0. The zero-order chi connectivity index (χ0) is 8.97. The summed E-state index contributed by atoms with van der Waals surface area (Å²) >= 11 is 0. The Labute approximate surface area is 72.1 Å². The first-order chi connectivity index (χ1) is 5.79. The van der Waals surface area contributed by atoms with E-state index >= 15 is 0 Å². The monoisotopic (exact) mass is 173 g/mol. The molecule has 0 saturated carbocycles. The van der Waals surface area contributed by atoms with E-state index in [-0.39, 0.29) is 18.7 Å². The third-order valence-corrected chi connectivity index (χ3v) is 2.17. The predicted octanol–water partition coefficient (Wildman–Crippen LogP) is 0.600. The Morgan fingerprint density at radius 3 is 2.92 bits per heavy atom. The highest BCUT2D eigenvalue weighted by molar-refractivity contribution is 5.69. The van der Waals surface area contributed by atoms with E-state index in [1.807, 2.05) is 6.92 Å². The van der Waals surface area contributed by atoms with Gasteiger partial charge in [0.05, 0.1) is 6.54 Å². The van der Waals surface area contributed by atoms with Crippen LogP contribution in [0.3, 0.4) is 0 Å². The van der Waals surface area contributed by atoms with Crippen LogP contribution >= 0.6 is 0 Å². The average molecular weight is 173 g/mol. The second kappa shape index (κ2) is 4.30. The lowest BCUT2D eigenvalue weighted by molar-refractivity contribution is 0.138. The van der Waals surface area contributed by atoms with Gasteiger partial charge in [-0.25, -0.2) is 4.79 Å². The fourth-order valence-electron chi connectivity index (χ4n) is 1.47. The standard InChI is InChI=1S/C8H15NO3/c1-2-7(3-5-10)9-4-6-12-8(9)11/h7,10H,2-6H2,1H3. The molecule has 1 amide bonds. The molecule has 1 saturated heterocycles. The second-order valence-electron chi connectivity index (χ2n) is 2.88. The molecule has 4 heteroatoms. The molecule has 0 aromatic rings. The minimum atomic E-state index is -0.240. The normalized spacial score (nSPS) is 19.5. The molecule has 1 aliphatic rings. The van der Waals surface area contributed by atoms with Crippen LogP contribution in [0, 0.1) is 0 Å². The molecule has 1 aliphatic heterocycles. The van der Waals surface area contributed by atoms with E-state index in [0.717, 1.165) is 6.42 Å². The lowest BCUT2D eigenvalue weighted by Gasteiger charge is -2.23. The van der Waals surface area contributed by atoms with Crippen LogP contribution in [-0.4, -0.2) is 41.9 Å².